The van der Waals surface area contributed by atoms with Crippen molar-refractivity contribution in [3.63, 3.8) is 0 Å². The fraction of sp³-hybridized carbons (Fsp3) is 0.318. The zero-order chi connectivity index (χ0) is 20.4. The van der Waals surface area contributed by atoms with Crippen LogP contribution < -0.4 is 10.2 Å². The minimum atomic E-state index is -0.0541. The van der Waals surface area contributed by atoms with Crippen molar-refractivity contribution in [2.45, 2.75) is 20.8 Å². The van der Waals surface area contributed by atoms with E-state index in [0.717, 1.165) is 47.4 Å². The fourth-order valence-electron chi connectivity index (χ4n) is 3.71. The van der Waals surface area contributed by atoms with Gasteiger partial charge in [0, 0.05) is 50.3 Å². The molecule has 29 heavy (non-hydrogen) atoms. The van der Waals surface area contributed by atoms with Crippen LogP contribution in [0.1, 0.15) is 17.0 Å². The Bertz CT molecular complexity index is 986. The lowest BCUT2D eigenvalue weighted by Gasteiger charge is -2.35. The monoisotopic (exact) mass is 390 g/mol. The Morgan fingerprint density at radius 2 is 1.48 bits per heavy atom. The summed E-state index contributed by atoms with van der Waals surface area (Å²) in [6.45, 7) is 8.75. The van der Waals surface area contributed by atoms with Crippen LogP contribution in [0.15, 0.2) is 48.8 Å². The summed E-state index contributed by atoms with van der Waals surface area (Å²) >= 11 is 0. The molecule has 1 saturated heterocycles. The molecule has 1 fully saturated rings. The molecule has 0 spiro atoms. The highest BCUT2D eigenvalue weighted by Gasteiger charge is 2.22. The van der Waals surface area contributed by atoms with E-state index in [4.69, 9.17) is 0 Å². The number of hydrogen-bond acceptors (Lipinski definition) is 4. The van der Waals surface area contributed by atoms with E-state index in [1.165, 1.54) is 0 Å². The normalized spacial score (nSPS) is 14.2. The predicted octanol–water partition coefficient (Wildman–Crippen LogP) is 3.55. The maximum absolute atomic E-state index is 12.7. The highest BCUT2D eigenvalue weighted by molar-refractivity contribution is 5.89. The molecule has 1 aromatic carbocycles. The van der Waals surface area contributed by atoms with Crippen LogP contribution in [0, 0.1) is 20.8 Å². The van der Waals surface area contributed by atoms with Gasteiger partial charge in [-0.3, -0.25) is 0 Å². The quantitative estimate of drug-likeness (QED) is 0.743. The van der Waals surface area contributed by atoms with Crippen molar-refractivity contribution in [3.8, 4) is 5.82 Å². The van der Waals surface area contributed by atoms with Gasteiger partial charge >= 0.3 is 6.03 Å². The average Bonchev–Trinajstić information content (AvgIpc) is 3.22. The Kier molecular flexibility index (Phi) is 5.20. The first-order valence-electron chi connectivity index (χ1n) is 9.86. The molecule has 7 heteroatoms. The summed E-state index contributed by atoms with van der Waals surface area (Å²) in [6, 6.07) is 12.0. The van der Waals surface area contributed by atoms with Crippen LogP contribution in [0.3, 0.4) is 0 Å². The molecule has 0 radical (unpaired) electrons. The van der Waals surface area contributed by atoms with Crippen LogP contribution in [-0.2, 0) is 0 Å². The van der Waals surface area contributed by atoms with Gasteiger partial charge in [0.15, 0.2) is 0 Å². The maximum atomic E-state index is 12.7. The number of benzene rings is 1. The third-order valence-corrected chi connectivity index (χ3v) is 5.04. The Morgan fingerprint density at radius 1 is 0.862 bits per heavy atom. The summed E-state index contributed by atoms with van der Waals surface area (Å²) in [5.74, 6) is 2.49. The van der Waals surface area contributed by atoms with Crippen molar-refractivity contribution in [3.05, 3.63) is 65.7 Å². The summed E-state index contributed by atoms with van der Waals surface area (Å²) in [6.07, 6.45) is 3.95. The summed E-state index contributed by atoms with van der Waals surface area (Å²) in [5, 5.41) is 3.02. The van der Waals surface area contributed by atoms with E-state index in [0.29, 0.717) is 13.1 Å². The van der Waals surface area contributed by atoms with Crippen molar-refractivity contribution in [1.82, 2.24) is 19.4 Å². The van der Waals surface area contributed by atoms with Crippen LogP contribution in [0.25, 0.3) is 5.82 Å². The molecule has 0 bridgehead atoms. The lowest BCUT2D eigenvalue weighted by Crippen LogP contribution is -2.50. The van der Waals surface area contributed by atoms with Gasteiger partial charge in [0.05, 0.1) is 0 Å². The number of aryl methyl sites for hydroxylation is 3. The number of amides is 2. The van der Waals surface area contributed by atoms with E-state index >= 15 is 0 Å². The van der Waals surface area contributed by atoms with E-state index in [-0.39, 0.29) is 6.03 Å². The molecule has 0 aliphatic carbocycles. The SMILES string of the molecule is Cc1cc(C)cc(NC(=O)N2CCN(c3cc(-n4cccc4)nc(C)n3)CC2)c1. The summed E-state index contributed by atoms with van der Waals surface area (Å²) in [7, 11) is 0. The lowest BCUT2D eigenvalue weighted by atomic mass is 10.1. The number of urea groups is 1. The second-order valence-electron chi connectivity index (χ2n) is 7.50. The van der Waals surface area contributed by atoms with Crippen molar-refractivity contribution in [2.24, 2.45) is 0 Å². The first kappa shape index (κ1) is 19.0. The maximum Gasteiger partial charge on any atom is 0.321 e. The summed E-state index contributed by atoms with van der Waals surface area (Å²) < 4.78 is 1.98. The van der Waals surface area contributed by atoms with Crippen molar-refractivity contribution < 1.29 is 4.79 Å². The van der Waals surface area contributed by atoms with E-state index < -0.39 is 0 Å². The van der Waals surface area contributed by atoms with Crippen LogP contribution in [0.5, 0.6) is 0 Å². The van der Waals surface area contributed by atoms with Crippen LogP contribution in [0.2, 0.25) is 0 Å². The number of nitrogens with one attached hydrogen (secondary N) is 1. The molecule has 0 atom stereocenters. The molecular weight excluding hydrogens is 364 g/mol. The Hall–Kier alpha value is -3.35. The molecular formula is C22H26N6O. The molecule has 150 valence electrons. The van der Waals surface area contributed by atoms with Crippen LogP contribution in [0.4, 0.5) is 16.3 Å². The number of hydrogen-bond donors (Lipinski definition) is 1. The fourth-order valence-corrected chi connectivity index (χ4v) is 3.71. The van der Waals surface area contributed by atoms with Gasteiger partial charge in [-0.1, -0.05) is 6.07 Å². The van der Waals surface area contributed by atoms with Gasteiger partial charge in [0.1, 0.15) is 17.5 Å². The zero-order valence-corrected chi connectivity index (χ0v) is 17.1. The molecule has 7 nitrogen and oxygen atoms in total. The van der Waals surface area contributed by atoms with E-state index in [1.807, 2.05) is 73.0 Å². The number of rotatable bonds is 3. The van der Waals surface area contributed by atoms with E-state index in [2.05, 4.69) is 26.3 Å². The molecule has 3 aromatic rings. The van der Waals surface area contributed by atoms with Gasteiger partial charge in [-0.05, 0) is 56.2 Å². The van der Waals surface area contributed by atoms with Gasteiger partial charge in [-0.25, -0.2) is 14.8 Å². The molecule has 1 aliphatic heterocycles. The third kappa shape index (κ3) is 4.39. The van der Waals surface area contributed by atoms with Gasteiger partial charge in [-0.15, -0.1) is 0 Å². The van der Waals surface area contributed by atoms with E-state index in [9.17, 15) is 4.79 Å². The van der Waals surface area contributed by atoms with Crippen molar-refractivity contribution >= 4 is 17.5 Å². The number of carbonyl (C=O) groups excluding carboxylic acids is 1. The number of nitrogens with zero attached hydrogens (tertiary/aromatic N) is 5. The summed E-state index contributed by atoms with van der Waals surface area (Å²) in [4.78, 5) is 25.9. The predicted molar refractivity (Wildman–Crippen MR) is 115 cm³/mol. The average molecular weight is 390 g/mol. The number of anilines is 2. The second kappa shape index (κ2) is 7.95. The molecule has 3 heterocycles. The number of carbonyl (C=O) groups is 1. The number of aromatic nitrogens is 3. The van der Waals surface area contributed by atoms with Crippen LogP contribution in [-0.4, -0.2) is 51.6 Å². The van der Waals surface area contributed by atoms with Crippen molar-refractivity contribution in [1.29, 1.82) is 0 Å². The molecule has 2 aromatic heterocycles. The molecule has 1 N–H and O–H groups in total. The largest absolute Gasteiger partial charge is 0.353 e. The molecule has 1 aliphatic rings. The molecule has 0 saturated carbocycles. The first-order chi connectivity index (χ1) is 14.0. The first-order valence-corrected chi connectivity index (χ1v) is 9.86. The second-order valence-corrected chi connectivity index (χ2v) is 7.50. The topological polar surface area (TPSA) is 66.3 Å². The van der Waals surface area contributed by atoms with Gasteiger partial charge in [0.2, 0.25) is 0 Å². The van der Waals surface area contributed by atoms with Gasteiger partial charge < -0.3 is 19.7 Å². The molecule has 2 amide bonds. The Labute approximate surface area is 171 Å². The lowest BCUT2D eigenvalue weighted by molar-refractivity contribution is 0.208. The minimum Gasteiger partial charge on any atom is -0.353 e. The summed E-state index contributed by atoms with van der Waals surface area (Å²) in [5.41, 5.74) is 3.13. The minimum absolute atomic E-state index is 0.0541. The smallest absolute Gasteiger partial charge is 0.321 e. The van der Waals surface area contributed by atoms with Crippen molar-refractivity contribution in [2.75, 3.05) is 36.4 Å². The molecule has 0 unspecified atom stereocenters. The Balaban J connectivity index is 1.41. The van der Waals surface area contributed by atoms with E-state index in [1.54, 1.807) is 0 Å². The standard InChI is InChI=1S/C22H26N6O/c1-16-12-17(2)14-19(13-16)25-22(29)28-10-8-27(9-11-28)21-15-20(23-18(3)24-21)26-6-4-5-7-26/h4-7,12-15H,8-11H2,1-3H3,(H,25,29). The van der Waals surface area contributed by atoms with Crippen LogP contribution >= 0.6 is 0 Å². The highest BCUT2D eigenvalue weighted by Crippen LogP contribution is 2.19. The third-order valence-electron chi connectivity index (χ3n) is 5.04. The van der Waals surface area contributed by atoms with Gasteiger partial charge in [-0.2, -0.15) is 0 Å². The highest BCUT2D eigenvalue weighted by atomic mass is 16.2. The Morgan fingerprint density at radius 3 is 2.14 bits per heavy atom. The van der Waals surface area contributed by atoms with Gasteiger partial charge in [0.25, 0.3) is 0 Å². The zero-order valence-electron chi connectivity index (χ0n) is 17.1. The molecule has 4 rings (SSSR count). The number of piperazine rings is 1.